The zero-order valence-corrected chi connectivity index (χ0v) is 11.3. The number of amides is 1. The molecule has 2 heterocycles. The Balaban J connectivity index is 1.62. The van der Waals surface area contributed by atoms with Gasteiger partial charge < -0.3 is 15.0 Å². The molecule has 0 aromatic rings. The Labute approximate surface area is 110 Å². The minimum atomic E-state index is 0.259. The Morgan fingerprint density at radius 1 is 1.11 bits per heavy atom. The smallest absolute Gasteiger partial charge is 0.236 e. The molecule has 1 unspecified atom stereocenters. The number of hydrogen-bond donors (Lipinski definition) is 1. The average molecular weight is 254 g/mol. The van der Waals surface area contributed by atoms with Crippen LogP contribution in [-0.2, 0) is 9.53 Å². The number of carbonyl (C=O) groups excluding carboxylic acids is 1. The van der Waals surface area contributed by atoms with Crippen molar-refractivity contribution in [3.05, 3.63) is 0 Å². The highest BCUT2D eigenvalue weighted by molar-refractivity contribution is 5.78. The topological polar surface area (TPSA) is 41.6 Å². The summed E-state index contributed by atoms with van der Waals surface area (Å²) in [7, 11) is 0. The molecule has 2 aliphatic rings. The number of ether oxygens (including phenoxy) is 1. The second-order valence-corrected chi connectivity index (χ2v) is 5.41. The molecule has 2 aliphatic heterocycles. The maximum Gasteiger partial charge on any atom is 0.236 e. The summed E-state index contributed by atoms with van der Waals surface area (Å²) in [5, 5.41) is 3.24. The lowest BCUT2D eigenvalue weighted by Crippen LogP contribution is -2.41. The molecule has 0 radical (unpaired) electrons. The molecule has 1 N–H and O–H groups in total. The maximum atomic E-state index is 12.1. The highest BCUT2D eigenvalue weighted by Crippen LogP contribution is 2.11. The largest absolute Gasteiger partial charge is 0.377 e. The van der Waals surface area contributed by atoms with E-state index in [9.17, 15) is 4.79 Å². The molecule has 1 amide bonds. The monoisotopic (exact) mass is 254 g/mol. The lowest BCUT2D eigenvalue weighted by molar-refractivity contribution is -0.130. The summed E-state index contributed by atoms with van der Waals surface area (Å²) >= 11 is 0. The van der Waals surface area contributed by atoms with Gasteiger partial charge in [0.1, 0.15) is 0 Å². The molecule has 2 saturated heterocycles. The number of nitrogens with one attached hydrogen (secondary N) is 1. The lowest BCUT2D eigenvalue weighted by atomic mass is 10.1. The van der Waals surface area contributed by atoms with Crippen molar-refractivity contribution >= 4 is 5.91 Å². The first kappa shape index (κ1) is 13.8. The summed E-state index contributed by atoms with van der Waals surface area (Å²) in [6.07, 6.45) is 8.82. The van der Waals surface area contributed by atoms with Crippen LogP contribution in [0, 0.1) is 0 Å². The number of rotatable bonds is 4. The molecular weight excluding hydrogens is 228 g/mol. The summed E-state index contributed by atoms with van der Waals surface area (Å²) < 4.78 is 5.53. The minimum absolute atomic E-state index is 0.259. The normalized spacial score (nSPS) is 25.8. The Hall–Kier alpha value is -0.610. The molecule has 0 aromatic heterocycles. The third kappa shape index (κ3) is 4.58. The van der Waals surface area contributed by atoms with E-state index in [4.69, 9.17) is 4.74 Å². The molecule has 1 atom stereocenters. The summed E-state index contributed by atoms with van der Waals surface area (Å²) in [5.41, 5.74) is 0. The molecular formula is C14H26N2O2. The van der Waals surface area contributed by atoms with Gasteiger partial charge in [-0.15, -0.1) is 0 Å². The molecule has 4 heteroatoms. The quantitative estimate of drug-likeness (QED) is 0.827. The predicted molar refractivity (Wildman–Crippen MR) is 71.5 cm³/mol. The number of nitrogens with zero attached hydrogens (tertiary/aromatic N) is 1. The number of hydrogen-bond acceptors (Lipinski definition) is 3. The number of carbonyl (C=O) groups is 1. The van der Waals surface area contributed by atoms with Crippen LogP contribution in [0.1, 0.15) is 44.9 Å². The molecule has 0 saturated carbocycles. The van der Waals surface area contributed by atoms with Gasteiger partial charge in [-0.2, -0.15) is 0 Å². The van der Waals surface area contributed by atoms with Gasteiger partial charge in [0.05, 0.1) is 12.6 Å². The minimum Gasteiger partial charge on any atom is -0.377 e. The molecule has 104 valence electrons. The van der Waals surface area contributed by atoms with Crippen LogP contribution >= 0.6 is 0 Å². The molecule has 0 spiro atoms. The lowest BCUT2D eigenvalue weighted by Gasteiger charge is -2.25. The third-order valence-corrected chi connectivity index (χ3v) is 3.88. The van der Waals surface area contributed by atoms with Crippen molar-refractivity contribution in [1.29, 1.82) is 0 Å². The summed E-state index contributed by atoms with van der Waals surface area (Å²) in [4.78, 5) is 14.1. The van der Waals surface area contributed by atoms with Gasteiger partial charge in [-0.1, -0.05) is 19.3 Å². The highest BCUT2D eigenvalue weighted by Gasteiger charge is 2.17. The van der Waals surface area contributed by atoms with Gasteiger partial charge in [-0.25, -0.2) is 0 Å². The molecule has 0 aromatic carbocycles. The van der Waals surface area contributed by atoms with E-state index >= 15 is 0 Å². The zero-order valence-electron chi connectivity index (χ0n) is 11.3. The second kappa shape index (κ2) is 7.74. The van der Waals surface area contributed by atoms with E-state index in [1.54, 1.807) is 0 Å². The van der Waals surface area contributed by atoms with Gasteiger partial charge in [-0.05, 0) is 25.7 Å². The van der Waals surface area contributed by atoms with Gasteiger partial charge in [0, 0.05) is 26.2 Å². The van der Waals surface area contributed by atoms with E-state index in [-0.39, 0.29) is 5.91 Å². The van der Waals surface area contributed by atoms with Crippen LogP contribution in [-0.4, -0.2) is 49.7 Å². The summed E-state index contributed by atoms with van der Waals surface area (Å²) in [6, 6.07) is 0. The van der Waals surface area contributed by atoms with Crippen molar-refractivity contribution in [2.75, 3.05) is 32.8 Å². The van der Waals surface area contributed by atoms with Crippen LogP contribution in [0.15, 0.2) is 0 Å². The van der Waals surface area contributed by atoms with Crippen LogP contribution < -0.4 is 5.32 Å². The molecule has 0 aliphatic carbocycles. The fraction of sp³-hybridized carbons (Fsp3) is 0.929. The van der Waals surface area contributed by atoms with Crippen LogP contribution in [0.2, 0.25) is 0 Å². The van der Waals surface area contributed by atoms with E-state index in [2.05, 4.69) is 5.32 Å². The van der Waals surface area contributed by atoms with Crippen LogP contribution in [0.5, 0.6) is 0 Å². The van der Waals surface area contributed by atoms with Crippen LogP contribution in [0.4, 0.5) is 0 Å². The standard InChI is InChI=1S/C14H26N2O2/c17-14(12-15-11-13-7-6-10-18-13)16-8-4-2-1-3-5-9-16/h13,15H,1-12H2. The molecule has 2 fully saturated rings. The first-order chi connectivity index (χ1) is 8.86. The van der Waals surface area contributed by atoms with Crippen molar-refractivity contribution in [2.45, 2.75) is 51.0 Å². The van der Waals surface area contributed by atoms with Gasteiger partial charge in [0.25, 0.3) is 0 Å². The van der Waals surface area contributed by atoms with E-state index < -0.39 is 0 Å². The Kier molecular flexibility index (Phi) is 5.94. The van der Waals surface area contributed by atoms with E-state index in [1.165, 1.54) is 19.3 Å². The Morgan fingerprint density at radius 2 is 1.83 bits per heavy atom. The number of likely N-dealkylation sites (tertiary alicyclic amines) is 1. The van der Waals surface area contributed by atoms with Crippen molar-refractivity contribution in [1.82, 2.24) is 10.2 Å². The SMILES string of the molecule is O=C(CNCC1CCCO1)N1CCCCCCC1. The van der Waals surface area contributed by atoms with Gasteiger partial charge >= 0.3 is 0 Å². The highest BCUT2D eigenvalue weighted by atomic mass is 16.5. The Morgan fingerprint density at radius 3 is 2.50 bits per heavy atom. The van der Waals surface area contributed by atoms with E-state index in [1.807, 2.05) is 4.90 Å². The summed E-state index contributed by atoms with van der Waals surface area (Å²) in [5.74, 6) is 0.259. The van der Waals surface area contributed by atoms with Crippen molar-refractivity contribution in [2.24, 2.45) is 0 Å². The van der Waals surface area contributed by atoms with Gasteiger partial charge in [0.2, 0.25) is 5.91 Å². The van der Waals surface area contributed by atoms with Crippen LogP contribution in [0.3, 0.4) is 0 Å². The fourth-order valence-corrected chi connectivity index (χ4v) is 2.75. The van der Waals surface area contributed by atoms with Gasteiger partial charge in [0.15, 0.2) is 0 Å². The van der Waals surface area contributed by atoms with Crippen LogP contribution in [0.25, 0.3) is 0 Å². The first-order valence-corrected chi connectivity index (χ1v) is 7.46. The molecule has 0 bridgehead atoms. The zero-order chi connectivity index (χ0) is 12.6. The molecule has 4 nitrogen and oxygen atoms in total. The van der Waals surface area contributed by atoms with Crippen molar-refractivity contribution < 1.29 is 9.53 Å². The van der Waals surface area contributed by atoms with Gasteiger partial charge in [-0.3, -0.25) is 4.79 Å². The predicted octanol–water partition coefficient (Wildman–Crippen LogP) is 1.55. The maximum absolute atomic E-state index is 12.1. The fourth-order valence-electron chi connectivity index (χ4n) is 2.75. The van der Waals surface area contributed by atoms with E-state index in [0.29, 0.717) is 12.6 Å². The molecule has 2 rings (SSSR count). The first-order valence-electron chi connectivity index (χ1n) is 7.46. The van der Waals surface area contributed by atoms with E-state index in [0.717, 1.165) is 51.9 Å². The van der Waals surface area contributed by atoms with Crippen molar-refractivity contribution in [3.8, 4) is 0 Å². The summed E-state index contributed by atoms with van der Waals surface area (Å²) in [6.45, 7) is 4.06. The Bertz CT molecular complexity index is 244. The molecule has 18 heavy (non-hydrogen) atoms. The van der Waals surface area contributed by atoms with Crippen molar-refractivity contribution in [3.63, 3.8) is 0 Å². The third-order valence-electron chi connectivity index (χ3n) is 3.88. The average Bonchev–Trinajstić information content (AvgIpc) is 2.81. The second-order valence-electron chi connectivity index (χ2n) is 5.41.